The third-order valence-corrected chi connectivity index (χ3v) is 5.37. The molecule has 0 bridgehead atoms. The molecular formula is C18H25N3O3. The molecule has 0 saturated carbocycles. The molecule has 2 aliphatic rings. The van der Waals surface area contributed by atoms with E-state index >= 15 is 0 Å². The maximum atomic E-state index is 12.8. The fourth-order valence-electron chi connectivity index (χ4n) is 3.64. The van der Waals surface area contributed by atoms with E-state index in [1.54, 1.807) is 24.1 Å². The second kappa shape index (κ2) is 6.42. The van der Waals surface area contributed by atoms with Crippen LogP contribution in [0, 0.1) is 5.41 Å². The van der Waals surface area contributed by atoms with E-state index in [0.29, 0.717) is 24.6 Å². The topological polar surface area (TPSA) is 73.7 Å². The van der Waals surface area contributed by atoms with Crippen LogP contribution in [0.2, 0.25) is 0 Å². The summed E-state index contributed by atoms with van der Waals surface area (Å²) in [7, 11) is 0. The molecule has 1 amide bonds. The number of nitrogens with zero attached hydrogens (tertiary/aromatic N) is 3. The van der Waals surface area contributed by atoms with Gasteiger partial charge in [-0.05, 0) is 51.7 Å². The van der Waals surface area contributed by atoms with Crippen LogP contribution in [0.3, 0.4) is 0 Å². The number of carboxylic acids is 1. The molecule has 2 aliphatic heterocycles. The zero-order valence-corrected chi connectivity index (χ0v) is 14.4. The van der Waals surface area contributed by atoms with Crippen molar-refractivity contribution in [3.05, 3.63) is 23.9 Å². The van der Waals surface area contributed by atoms with E-state index in [1.165, 1.54) is 6.42 Å². The Morgan fingerprint density at radius 3 is 2.79 bits per heavy atom. The highest BCUT2D eigenvalue weighted by Gasteiger charge is 2.42. The predicted molar refractivity (Wildman–Crippen MR) is 91.2 cm³/mol. The first-order valence-corrected chi connectivity index (χ1v) is 8.66. The van der Waals surface area contributed by atoms with Crippen LogP contribution in [0.1, 0.15) is 49.9 Å². The lowest BCUT2D eigenvalue weighted by molar-refractivity contribution is -0.147. The number of aromatic nitrogens is 1. The Morgan fingerprint density at radius 1 is 1.33 bits per heavy atom. The lowest BCUT2D eigenvalue weighted by Gasteiger charge is -2.34. The molecule has 2 unspecified atom stereocenters. The molecule has 1 aromatic rings. The fraction of sp³-hybridized carbons (Fsp3) is 0.611. The molecule has 2 saturated heterocycles. The Kier molecular flexibility index (Phi) is 4.47. The van der Waals surface area contributed by atoms with E-state index < -0.39 is 11.4 Å². The number of hydrogen-bond acceptors (Lipinski definition) is 4. The molecule has 24 heavy (non-hydrogen) atoms. The number of carbonyl (C=O) groups is 2. The maximum absolute atomic E-state index is 12.8. The van der Waals surface area contributed by atoms with Gasteiger partial charge in [0.05, 0.1) is 5.41 Å². The van der Waals surface area contributed by atoms with Crippen LogP contribution in [0.25, 0.3) is 0 Å². The number of carboxylic acid groups (broad SMARTS) is 1. The van der Waals surface area contributed by atoms with Gasteiger partial charge in [-0.2, -0.15) is 0 Å². The molecule has 6 heteroatoms. The van der Waals surface area contributed by atoms with E-state index in [0.717, 1.165) is 25.2 Å². The Balaban J connectivity index is 1.77. The number of amides is 1. The molecule has 3 rings (SSSR count). The van der Waals surface area contributed by atoms with Crippen molar-refractivity contribution < 1.29 is 14.7 Å². The van der Waals surface area contributed by atoms with Crippen LogP contribution in [-0.4, -0.2) is 52.5 Å². The van der Waals surface area contributed by atoms with Gasteiger partial charge in [-0.3, -0.25) is 9.59 Å². The van der Waals surface area contributed by atoms with Crippen LogP contribution < -0.4 is 4.90 Å². The molecule has 1 N–H and O–H groups in total. The van der Waals surface area contributed by atoms with Crippen LogP contribution in [0.4, 0.5) is 5.82 Å². The standard InChI is InChI=1S/C18H25N3O3/c1-13-5-3-4-9-21(13)15-11-14(6-8-19-15)16(22)20-10-7-18(2,12-20)17(23)24/h6,8,11,13H,3-5,7,9-10,12H2,1-2H3,(H,23,24). The number of rotatable bonds is 3. The van der Waals surface area contributed by atoms with Gasteiger partial charge in [0.15, 0.2) is 0 Å². The Morgan fingerprint density at radius 2 is 2.12 bits per heavy atom. The normalized spacial score (nSPS) is 27.3. The van der Waals surface area contributed by atoms with Crippen LogP contribution in [0.5, 0.6) is 0 Å². The first-order chi connectivity index (χ1) is 11.4. The molecule has 3 heterocycles. The molecule has 6 nitrogen and oxygen atoms in total. The lowest BCUT2D eigenvalue weighted by Crippen LogP contribution is -2.38. The smallest absolute Gasteiger partial charge is 0.311 e. The summed E-state index contributed by atoms with van der Waals surface area (Å²) in [5.74, 6) is -0.100. The average molecular weight is 331 g/mol. The minimum absolute atomic E-state index is 0.103. The van der Waals surface area contributed by atoms with Gasteiger partial charge >= 0.3 is 5.97 Å². The molecule has 0 aliphatic carbocycles. The van der Waals surface area contributed by atoms with E-state index in [9.17, 15) is 14.7 Å². The number of anilines is 1. The summed E-state index contributed by atoms with van der Waals surface area (Å²) in [5, 5.41) is 9.33. The van der Waals surface area contributed by atoms with Crippen molar-refractivity contribution in [2.24, 2.45) is 5.41 Å². The van der Waals surface area contributed by atoms with Crippen molar-refractivity contribution >= 4 is 17.7 Å². The van der Waals surface area contributed by atoms with Crippen molar-refractivity contribution in [3.8, 4) is 0 Å². The van der Waals surface area contributed by atoms with Gasteiger partial charge < -0.3 is 14.9 Å². The summed E-state index contributed by atoms with van der Waals surface area (Å²) < 4.78 is 0. The number of carbonyl (C=O) groups excluding carboxylic acids is 1. The summed E-state index contributed by atoms with van der Waals surface area (Å²) in [6.07, 6.45) is 5.69. The van der Waals surface area contributed by atoms with E-state index in [1.807, 2.05) is 6.07 Å². The highest BCUT2D eigenvalue weighted by atomic mass is 16.4. The molecule has 2 fully saturated rings. The van der Waals surface area contributed by atoms with Crippen LogP contribution in [0.15, 0.2) is 18.3 Å². The highest BCUT2D eigenvalue weighted by Crippen LogP contribution is 2.31. The minimum Gasteiger partial charge on any atom is -0.481 e. The summed E-state index contributed by atoms with van der Waals surface area (Å²) in [4.78, 5) is 32.5. The quantitative estimate of drug-likeness (QED) is 0.920. The van der Waals surface area contributed by atoms with Crippen molar-refractivity contribution in [3.63, 3.8) is 0 Å². The van der Waals surface area contributed by atoms with Gasteiger partial charge in [0.1, 0.15) is 5.82 Å². The zero-order valence-electron chi connectivity index (χ0n) is 14.4. The fourth-order valence-corrected chi connectivity index (χ4v) is 3.64. The number of aliphatic carboxylic acids is 1. The molecule has 0 aromatic carbocycles. The Hall–Kier alpha value is -2.11. The lowest BCUT2D eigenvalue weighted by atomic mass is 9.90. The van der Waals surface area contributed by atoms with Crippen molar-refractivity contribution in [1.82, 2.24) is 9.88 Å². The predicted octanol–water partition coefficient (Wildman–Crippen LogP) is 2.40. The first kappa shape index (κ1) is 16.7. The SMILES string of the molecule is CC1CCCCN1c1cc(C(=O)N2CCC(C)(C(=O)O)C2)ccn1. The van der Waals surface area contributed by atoms with Crippen LogP contribution in [-0.2, 0) is 4.79 Å². The summed E-state index contributed by atoms with van der Waals surface area (Å²) in [6.45, 7) is 5.61. The number of pyridine rings is 1. The van der Waals surface area contributed by atoms with E-state index in [-0.39, 0.29) is 12.5 Å². The second-order valence-electron chi connectivity index (χ2n) is 7.28. The zero-order chi connectivity index (χ0) is 17.3. The number of hydrogen-bond donors (Lipinski definition) is 1. The summed E-state index contributed by atoms with van der Waals surface area (Å²) >= 11 is 0. The monoisotopic (exact) mass is 331 g/mol. The van der Waals surface area contributed by atoms with Crippen LogP contribution >= 0.6 is 0 Å². The summed E-state index contributed by atoms with van der Waals surface area (Å²) in [6, 6.07) is 4.00. The van der Waals surface area contributed by atoms with Crippen molar-refractivity contribution in [2.75, 3.05) is 24.5 Å². The van der Waals surface area contributed by atoms with Gasteiger partial charge in [-0.1, -0.05) is 0 Å². The number of piperidine rings is 1. The van der Waals surface area contributed by atoms with Crippen molar-refractivity contribution in [2.45, 2.75) is 45.6 Å². The highest BCUT2D eigenvalue weighted by molar-refractivity contribution is 5.95. The molecule has 2 atom stereocenters. The van der Waals surface area contributed by atoms with Gasteiger partial charge in [0.2, 0.25) is 0 Å². The second-order valence-corrected chi connectivity index (χ2v) is 7.28. The Bertz CT molecular complexity index is 648. The van der Waals surface area contributed by atoms with Gasteiger partial charge in [0, 0.05) is 37.4 Å². The van der Waals surface area contributed by atoms with Gasteiger partial charge in [-0.15, -0.1) is 0 Å². The molecular weight excluding hydrogens is 306 g/mol. The molecule has 0 radical (unpaired) electrons. The summed E-state index contributed by atoms with van der Waals surface area (Å²) in [5.41, 5.74) is -0.250. The maximum Gasteiger partial charge on any atom is 0.311 e. The number of likely N-dealkylation sites (tertiary alicyclic amines) is 1. The third-order valence-electron chi connectivity index (χ3n) is 5.37. The van der Waals surface area contributed by atoms with Gasteiger partial charge in [-0.25, -0.2) is 4.98 Å². The minimum atomic E-state index is -0.840. The Labute approximate surface area is 142 Å². The molecule has 0 spiro atoms. The largest absolute Gasteiger partial charge is 0.481 e. The average Bonchev–Trinajstić information content (AvgIpc) is 2.99. The van der Waals surface area contributed by atoms with E-state index in [4.69, 9.17) is 0 Å². The van der Waals surface area contributed by atoms with E-state index in [2.05, 4.69) is 16.8 Å². The molecule has 130 valence electrons. The first-order valence-electron chi connectivity index (χ1n) is 8.66. The van der Waals surface area contributed by atoms with Gasteiger partial charge in [0.25, 0.3) is 5.91 Å². The third kappa shape index (κ3) is 3.09. The molecule has 1 aromatic heterocycles. The van der Waals surface area contributed by atoms with Crippen molar-refractivity contribution in [1.29, 1.82) is 0 Å².